The van der Waals surface area contributed by atoms with Crippen LogP contribution in [-0.2, 0) is 0 Å². The summed E-state index contributed by atoms with van der Waals surface area (Å²) >= 11 is 0. The van der Waals surface area contributed by atoms with Gasteiger partial charge < -0.3 is 9.64 Å². The molecule has 1 aliphatic rings. The van der Waals surface area contributed by atoms with E-state index in [4.69, 9.17) is 4.74 Å². The number of benzene rings is 1. The maximum absolute atomic E-state index is 12.7. The van der Waals surface area contributed by atoms with E-state index in [1.165, 1.54) is 0 Å². The number of amides is 1. The van der Waals surface area contributed by atoms with Crippen LogP contribution in [0.2, 0.25) is 0 Å². The Morgan fingerprint density at radius 3 is 2.44 bits per heavy atom. The number of methoxy groups -OCH3 is 1. The monoisotopic (exact) mass is 364 g/mol. The number of likely N-dealkylation sites (tertiary alicyclic amines) is 1. The maximum atomic E-state index is 12.7. The quantitative estimate of drug-likeness (QED) is 0.758. The summed E-state index contributed by atoms with van der Waals surface area (Å²) < 4.78 is 5.13. The topological polar surface area (TPSA) is 59.5 Å². The highest BCUT2D eigenvalue weighted by atomic mass is 16.5. The highest BCUT2D eigenvalue weighted by Crippen LogP contribution is 2.24. The second kappa shape index (κ2) is 8.16. The number of carbonyl (C=O) groups excluding carboxylic acids is 2. The van der Waals surface area contributed by atoms with E-state index in [2.05, 4.69) is 11.6 Å². The van der Waals surface area contributed by atoms with Gasteiger partial charge in [-0.3, -0.25) is 14.6 Å². The van der Waals surface area contributed by atoms with Gasteiger partial charge in [-0.25, -0.2) is 0 Å². The number of rotatable bonds is 5. The standard InChI is InChI=1S/C22H24N2O3/c1-4-16-14-23-20(13-15(16)2)22(26)24-11-9-18(10-12-24)21(25)17-5-7-19(27-3)8-6-17/h4-8,13-14,18H,1,9-12H2,2-3H3. The Kier molecular flexibility index (Phi) is 5.69. The van der Waals surface area contributed by atoms with Crippen LogP contribution in [0.3, 0.4) is 0 Å². The molecular formula is C22H24N2O3. The summed E-state index contributed by atoms with van der Waals surface area (Å²) in [4.78, 5) is 31.4. The highest BCUT2D eigenvalue weighted by molar-refractivity contribution is 5.98. The van der Waals surface area contributed by atoms with Crippen molar-refractivity contribution in [2.75, 3.05) is 20.2 Å². The van der Waals surface area contributed by atoms with Crippen LogP contribution < -0.4 is 4.74 Å². The zero-order valence-corrected chi connectivity index (χ0v) is 15.8. The molecule has 2 aromatic rings. The molecule has 2 heterocycles. The van der Waals surface area contributed by atoms with Crippen LogP contribution in [0, 0.1) is 12.8 Å². The molecule has 1 aliphatic heterocycles. The average molecular weight is 364 g/mol. The lowest BCUT2D eigenvalue weighted by Crippen LogP contribution is -2.40. The molecule has 27 heavy (non-hydrogen) atoms. The minimum atomic E-state index is -0.0796. The Balaban J connectivity index is 1.62. The molecule has 1 amide bonds. The van der Waals surface area contributed by atoms with Crippen LogP contribution in [0.5, 0.6) is 5.75 Å². The Labute approximate surface area is 159 Å². The molecule has 0 bridgehead atoms. The second-order valence-corrected chi connectivity index (χ2v) is 6.79. The van der Waals surface area contributed by atoms with Crippen LogP contribution in [0.25, 0.3) is 6.08 Å². The molecule has 0 radical (unpaired) electrons. The molecule has 1 aromatic carbocycles. The number of nitrogens with zero attached hydrogens (tertiary/aromatic N) is 2. The van der Waals surface area contributed by atoms with Crippen LogP contribution in [0.4, 0.5) is 0 Å². The van der Waals surface area contributed by atoms with Crippen LogP contribution >= 0.6 is 0 Å². The number of hydrogen-bond acceptors (Lipinski definition) is 4. The van der Waals surface area contributed by atoms with Gasteiger partial charge in [0.1, 0.15) is 11.4 Å². The molecular weight excluding hydrogens is 340 g/mol. The van der Waals surface area contributed by atoms with E-state index < -0.39 is 0 Å². The molecule has 0 saturated carbocycles. The third-order valence-electron chi connectivity index (χ3n) is 5.12. The first-order valence-corrected chi connectivity index (χ1v) is 9.10. The number of Topliss-reactive ketones (excluding diaryl/α,β-unsaturated/α-hetero) is 1. The molecule has 1 fully saturated rings. The minimum absolute atomic E-state index is 0.0553. The number of hydrogen-bond donors (Lipinski definition) is 0. The van der Waals surface area contributed by atoms with Gasteiger partial charge in [0.05, 0.1) is 7.11 Å². The van der Waals surface area contributed by atoms with Crippen molar-refractivity contribution in [3.63, 3.8) is 0 Å². The van der Waals surface area contributed by atoms with Gasteiger partial charge in [-0.15, -0.1) is 0 Å². The van der Waals surface area contributed by atoms with Gasteiger partial charge in [0, 0.05) is 30.8 Å². The van der Waals surface area contributed by atoms with Crippen molar-refractivity contribution >= 4 is 17.8 Å². The summed E-state index contributed by atoms with van der Waals surface area (Å²) in [6.45, 7) is 6.81. The number of aryl methyl sites for hydroxylation is 1. The molecule has 0 spiro atoms. The Morgan fingerprint density at radius 2 is 1.89 bits per heavy atom. The highest BCUT2D eigenvalue weighted by Gasteiger charge is 2.29. The van der Waals surface area contributed by atoms with Gasteiger partial charge in [-0.1, -0.05) is 12.7 Å². The summed E-state index contributed by atoms with van der Waals surface area (Å²) in [7, 11) is 1.60. The summed E-state index contributed by atoms with van der Waals surface area (Å²) in [5, 5.41) is 0. The Bertz CT molecular complexity index is 850. The zero-order chi connectivity index (χ0) is 19.4. The average Bonchev–Trinajstić information content (AvgIpc) is 2.73. The molecule has 3 rings (SSSR count). The van der Waals surface area contributed by atoms with E-state index in [0.29, 0.717) is 37.2 Å². The van der Waals surface area contributed by atoms with Gasteiger partial charge in [0.2, 0.25) is 0 Å². The third-order valence-corrected chi connectivity index (χ3v) is 5.12. The maximum Gasteiger partial charge on any atom is 0.272 e. The molecule has 1 saturated heterocycles. The molecule has 5 heteroatoms. The second-order valence-electron chi connectivity index (χ2n) is 6.79. The molecule has 5 nitrogen and oxygen atoms in total. The first-order valence-electron chi connectivity index (χ1n) is 9.10. The summed E-state index contributed by atoms with van der Waals surface area (Å²) in [6, 6.07) is 8.99. The normalized spacial score (nSPS) is 14.7. The van der Waals surface area contributed by atoms with E-state index >= 15 is 0 Å². The molecule has 0 aliphatic carbocycles. The van der Waals surface area contributed by atoms with E-state index in [1.54, 1.807) is 54.6 Å². The van der Waals surface area contributed by atoms with Crippen molar-refractivity contribution in [2.24, 2.45) is 5.92 Å². The van der Waals surface area contributed by atoms with E-state index in [9.17, 15) is 9.59 Å². The summed E-state index contributed by atoms with van der Waals surface area (Å²) in [5.41, 5.74) is 3.04. The van der Waals surface area contributed by atoms with E-state index in [0.717, 1.165) is 16.9 Å². The molecule has 0 unspecified atom stereocenters. The first kappa shape index (κ1) is 18.8. The van der Waals surface area contributed by atoms with Crippen LogP contribution in [0.1, 0.15) is 44.8 Å². The number of piperidine rings is 1. The zero-order valence-electron chi connectivity index (χ0n) is 15.8. The minimum Gasteiger partial charge on any atom is -0.497 e. The summed E-state index contributed by atoms with van der Waals surface area (Å²) in [6.07, 6.45) is 4.74. The van der Waals surface area contributed by atoms with Gasteiger partial charge in [-0.2, -0.15) is 0 Å². The van der Waals surface area contributed by atoms with Crippen molar-refractivity contribution < 1.29 is 14.3 Å². The molecule has 0 atom stereocenters. The predicted octanol–water partition coefficient (Wildman–Crippen LogP) is 3.78. The van der Waals surface area contributed by atoms with Gasteiger partial charge >= 0.3 is 0 Å². The fraction of sp³-hybridized carbons (Fsp3) is 0.318. The van der Waals surface area contributed by atoms with E-state index in [-0.39, 0.29) is 17.6 Å². The largest absolute Gasteiger partial charge is 0.497 e. The Morgan fingerprint density at radius 1 is 1.22 bits per heavy atom. The lowest BCUT2D eigenvalue weighted by molar-refractivity contribution is 0.0645. The van der Waals surface area contributed by atoms with Crippen LogP contribution in [-0.4, -0.2) is 41.8 Å². The molecule has 140 valence electrons. The number of pyridine rings is 1. The predicted molar refractivity (Wildman–Crippen MR) is 105 cm³/mol. The lowest BCUT2D eigenvalue weighted by atomic mass is 9.88. The number of carbonyl (C=O) groups is 2. The van der Waals surface area contributed by atoms with Gasteiger partial charge in [0.15, 0.2) is 5.78 Å². The SMILES string of the molecule is C=Cc1cnc(C(=O)N2CCC(C(=O)c3ccc(OC)cc3)CC2)cc1C. The molecule has 1 aromatic heterocycles. The van der Waals surface area contributed by atoms with E-state index in [1.807, 2.05) is 6.92 Å². The summed E-state index contributed by atoms with van der Waals surface area (Å²) in [5.74, 6) is 0.732. The van der Waals surface area contributed by atoms with Gasteiger partial charge in [0.25, 0.3) is 5.91 Å². The lowest BCUT2D eigenvalue weighted by Gasteiger charge is -2.31. The smallest absolute Gasteiger partial charge is 0.272 e. The first-order chi connectivity index (χ1) is 13.0. The fourth-order valence-electron chi connectivity index (χ4n) is 3.39. The number of aromatic nitrogens is 1. The van der Waals surface area contributed by atoms with Crippen LogP contribution in [0.15, 0.2) is 43.1 Å². The number of ether oxygens (including phenoxy) is 1. The van der Waals surface area contributed by atoms with Crippen molar-refractivity contribution in [2.45, 2.75) is 19.8 Å². The Hall–Kier alpha value is -2.95. The van der Waals surface area contributed by atoms with Crippen molar-refractivity contribution in [3.8, 4) is 5.75 Å². The van der Waals surface area contributed by atoms with Crippen molar-refractivity contribution in [1.29, 1.82) is 0 Å². The van der Waals surface area contributed by atoms with Crippen molar-refractivity contribution in [3.05, 3.63) is 65.5 Å². The number of ketones is 1. The van der Waals surface area contributed by atoms with Gasteiger partial charge in [-0.05, 0) is 61.2 Å². The fourth-order valence-corrected chi connectivity index (χ4v) is 3.39. The van der Waals surface area contributed by atoms with Crippen molar-refractivity contribution in [1.82, 2.24) is 9.88 Å². The third kappa shape index (κ3) is 4.08. The molecule has 0 N–H and O–H groups in total.